The van der Waals surface area contributed by atoms with E-state index in [-0.39, 0.29) is 18.2 Å². The van der Waals surface area contributed by atoms with E-state index in [1.807, 2.05) is 0 Å². The van der Waals surface area contributed by atoms with Gasteiger partial charge in [-0.1, -0.05) is 6.07 Å². The summed E-state index contributed by atoms with van der Waals surface area (Å²) in [5.41, 5.74) is -0.786. The van der Waals surface area contributed by atoms with Gasteiger partial charge in [0.2, 0.25) is 0 Å². The third-order valence-corrected chi connectivity index (χ3v) is 4.01. The van der Waals surface area contributed by atoms with E-state index in [9.17, 15) is 18.0 Å². The maximum atomic E-state index is 12.7. The maximum absolute atomic E-state index is 12.7. The number of benzene rings is 1. The largest absolute Gasteiger partial charge is 0.416 e. The van der Waals surface area contributed by atoms with Gasteiger partial charge in [-0.25, -0.2) is 0 Å². The smallest absolute Gasteiger partial charge is 0.396 e. The highest BCUT2D eigenvalue weighted by Gasteiger charge is 2.31. The average molecular weight is 330 g/mol. The van der Waals surface area contributed by atoms with Gasteiger partial charge >= 0.3 is 6.18 Å². The second-order valence-electron chi connectivity index (χ2n) is 5.75. The zero-order chi connectivity index (χ0) is 16.9. The third kappa shape index (κ3) is 5.21. The van der Waals surface area contributed by atoms with Crippen LogP contribution in [0.25, 0.3) is 0 Å². The van der Waals surface area contributed by atoms with E-state index in [0.29, 0.717) is 0 Å². The van der Waals surface area contributed by atoms with Gasteiger partial charge < -0.3 is 15.3 Å². The van der Waals surface area contributed by atoms with Crippen LogP contribution in [0.1, 0.15) is 35.2 Å². The number of likely N-dealkylation sites (tertiary alicyclic amines) is 1. The fraction of sp³-hybridized carbons (Fsp3) is 0.562. The molecule has 128 valence electrons. The Hall–Kier alpha value is -1.60. The van der Waals surface area contributed by atoms with Crippen molar-refractivity contribution in [3.05, 3.63) is 35.4 Å². The molecule has 1 aliphatic rings. The molecule has 0 aliphatic carbocycles. The number of nitrogens with one attached hydrogen (secondary N) is 1. The molecule has 1 fully saturated rings. The zero-order valence-electron chi connectivity index (χ0n) is 12.8. The van der Waals surface area contributed by atoms with Crippen LogP contribution in [-0.2, 0) is 6.18 Å². The van der Waals surface area contributed by atoms with Crippen molar-refractivity contribution in [1.29, 1.82) is 0 Å². The van der Waals surface area contributed by atoms with Gasteiger partial charge in [-0.15, -0.1) is 0 Å². The Morgan fingerprint density at radius 1 is 1.30 bits per heavy atom. The van der Waals surface area contributed by atoms with E-state index < -0.39 is 17.6 Å². The Balaban J connectivity index is 1.88. The number of carbonyl (C=O) groups is 1. The fourth-order valence-electron chi connectivity index (χ4n) is 2.70. The number of hydrogen-bond acceptors (Lipinski definition) is 3. The molecule has 1 amide bonds. The molecule has 2 N–H and O–H groups in total. The monoisotopic (exact) mass is 330 g/mol. The molecule has 1 aromatic rings. The summed E-state index contributed by atoms with van der Waals surface area (Å²) >= 11 is 0. The molecule has 0 aromatic heterocycles. The van der Waals surface area contributed by atoms with E-state index in [4.69, 9.17) is 5.11 Å². The molecule has 23 heavy (non-hydrogen) atoms. The number of aliphatic hydroxyl groups excluding tert-OH is 1. The standard InChI is InChI=1S/C16H21F3N2O2/c17-16(18,19)13-4-1-3-12(11-13)15(23)20-14-5-8-21(9-6-14)7-2-10-22/h1,3-4,11,14,22H,2,5-10H2,(H,20,23). The molecule has 4 nitrogen and oxygen atoms in total. The predicted octanol–water partition coefficient (Wildman–Crippen LogP) is 2.28. The lowest BCUT2D eigenvalue weighted by atomic mass is 10.0. The SMILES string of the molecule is O=C(NC1CCN(CCCO)CC1)c1cccc(C(F)(F)F)c1. The number of alkyl halides is 3. The molecule has 1 heterocycles. The van der Waals surface area contributed by atoms with Gasteiger partial charge in [0.15, 0.2) is 0 Å². The van der Waals surface area contributed by atoms with Crippen LogP contribution in [0.5, 0.6) is 0 Å². The zero-order valence-corrected chi connectivity index (χ0v) is 12.8. The lowest BCUT2D eigenvalue weighted by Crippen LogP contribution is -2.45. The molecular formula is C16H21F3N2O2. The first kappa shape index (κ1) is 17.7. The van der Waals surface area contributed by atoms with Gasteiger partial charge in [-0.05, 0) is 37.5 Å². The minimum absolute atomic E-state index is 0.0255. The van der Waals surface area contributed by atoms with Crippen molar-refractivity contribution in [2.24, 2.45) is 0 Å². The second kappa shape index (κ2) is 7.79. The van der Waals surface area contributed by atoms with Crippen molar-refractivity contribution in [3.8, 4) is 0 Å². The van der Waals surface area contributed by atoms with E-state index in [1.54, 1.807) is 0 Å². The summed E-state index contributed by atoms with van der Waals surface area (Å²) in [6, 6.07) is 4.45. The number of nitrogens with zero attached hydrogens (tertiary/aromatic N) is 1. The van der Waals surface area contributed by atoms with Crippen LogP contribution < -0.4 is 5.32 Å². The minimum atomic E-state index is -4.45. The Morgan fingerprint density at radius 3 is 2.61 bits per heavy atom. The van der Waals surface area contributed by atoms with Gasteiger partial charge in [0, 0.05) is 37.8 Å². The average Bonchev–Trinajstić information content (AvgIpc) is 2.53. The Morgan fingerprint density at radius 2 is 2.00 bits per heavy atom. The third-order valence-electron chi connectivity index (χ3n) is 4.01. The first-order chi connectivity index (χ1) is 10.9. The summed E-state index contributed by atoms with van der Waals surface area (Å²) in [7, 11) is 0. The second-order valence-corrected chi connectivity index (χ2v) is 5.75. The molecule has 1 saturated heterocycles. The van der Waals surface area contributed by atoms with Crippen LogP contribution in [0.4, 0.5) is 13.2 Å². The molecule has 1 aliphatic heterocycles. The summed E-state index contributed by atoms with van der Waals surface area (Å²) < 4.78 is 38.0. The predicted molar refractivity (Wildman–Crippen MR) is 80.1 cm³/mol. The molecule has 0 bridgehead atoms. The summed E-state index contributed by atoms with van der Waals surface area (Å²) in [4.78, 5) is 14.3. The van der Waals surface area contributed by atoms with Gasteiger partial charge in [0.25, 0.3) is 5.91 Å². The van der Waals surface area contributed by atoms with E-state index >= 15 is 0 Å². The van der Waals surface area contributed by atoms with Crippen molar-refractivity contribution in [2.45, 2.75) is 31.5 Å². The maximum Gasteiger partial charge on any atom is 0.416 e. The van der Waals surface area contributed by atoms with Gasteiger partial charge in [0.1, 0.15) is 0 Å². The van der Waals surface area contributed by atoms with Crippen LogP contribution in [-0.4, -0.2) is 48.2 Å². The minimum Gasteiger partial charge on any atom is -0.396 e. The first-order valence-corrected chi connectivity index (χ1v) is 7.71. The van der Waals surface area contributed by atoms with Crippen molar-refractivity contribution in [2.75, 3.05) is 26.2 Å². The Kier molecular flexibility index (Phi) is 6.01. The Bertz CT molecular complexity index is 526. The highest BCUT2D eigenvalue weighted by molar-refractivity contribution is 5.94. The van der Waals surface area contributed by atoms with Crippen LogP contribution in [0.3, 0.4) is 0 Å². The topological polar surface area (TPSA) is 52.6 Å². The molecule has 0 radical (unpaired) electrons. The van der Waals surface area contributed by atoms with E-state index in [2.05, 4.69) is 10.2 Å². The molecule has 0 saturated carbocycles. The van der Waals surface area contributed by atoms with Crippen molar-refractivity contribution < 1.29 is 23.1 Å². The van der Waals surface area contributed by atoms with Crippen LogP contribution in [0, 0.1) is 0 Å². The molecule has 0 atom stereocenters. The van der Waals surface area contributed by atoms with Crippen molar-refractivity contribution in [1.82, 2.24) is 10.2 Å². The number of hydrogen-bond donors (Lipinski definition) is 2. The summed E-state index contributed by atoms with van der Waals surface area (Å²) in [5, 5.41) is 11.6. The van der Waals surface area contributed by atoms with Crippen LogP contribution in [0.15, 0.2) is 24.3 Å². The number of aliphatic hydroxyl groups is 1. The number of amides is 1. The summed E-state index contributed by atoms with van der Waals surface area (Å²) in [6.07, 6.45) is -2.21. The van der Waals surface area contributed by atoms with Crippen molar-refractivity contribution >= 4 is 5.91 Å². The lowest BCUT2D eigenvalue weighted by molar-refractivity contribution is -0.137. The quantitative estimate of drug-likeness (QED) is 0.871. The molecule has 2 rings (SSSR count). The van der Waals surface area contributed by atoms with E-state index in [0.717, 1.165) is 51.0 Å². The lowest BCUT2D eigenvalue weighted by Gasteiger charge is -2.32. The number of carbonyl (C=O) groups excluding carboxylic acids is 1. The van der Waals surface area contributed by atoms with E-state index in [1.165, 1.54) is 12.1 Å². The van der Waals surface area contributed by atoms with Crippen LogP contribution >= 0.6 is 0 Å². The number of halogens is 3. The molecule has 1 aromatic carbocycles. The number of piperidine rings is 1. The normalized spacial score (nSPS) is 17.2. The van der Waals surface area contributed by atoms with Crippen molar-refractivity contribution in [3.63, 3.8) is 0 Å². The van der Waals surface area contributed by atoms with Crippen LogP contribution in [0.2, 0.25) is 0 Å². The Labute approximate surface area is 133 Å². The highest BCUT2D eigenvalue weighted by Crippen LogP contribution is 2.29. The highest BCUT2D eigenvalue weighted by atomic mass is 19.4. The van der Waals surface area contributed by atoms with Gasteiger partial charge in [0.05, 0.1) is 5.56 Å². The van der Waals surface area contributed by atoms with Gasteiger partial charge in [-0.2, -0.15) is 13.2 Å². The van der Waals surface area contributed by atoms with Gasteiger partial charge in [-0.3, -0.25) is 4.79 Å². The molecule has 7 heteroatoms. The molecule has 0 unspecified atom stereocenters. The number of rotatable bonds is 5. The molecular weight excluding hydrogens is 309 g/mol. The summed E-state index contributed by atoms with van der Waals surface area (Å²) in [6.45, 7) is 2.61. The summed E-state index contributed by atoms with van der Waals surface area (Å²) in [5.74, 6) is -0.468. The first-order valence-electron chi connectivity index (χ1n) is 7.71. The molecule has 0 spiro atoms. The fourth-order valence-corrected chi connectivity index (χ4v) is 2.70.